The fraction of sp³-hybridized carbons (Fsp3) is 0.238. The maximum atomic E-state index is 12.5. The van der Waals surface area contributed by atoms with Gasteiger partial charge in [0.25, 0.3) is 0 Å². The van der Waals surface area contributed by atoms with Crippen LogP contribution >= 0.6 is 0 Å². The van der Waals surface area contributed by atoms with Crippen molar-refractivity contribution in [2.45, 2.75) is 19.8 Å². The molecule has 0 spiro atoms. The quantitative estimate of drug-likeness (QED) is 0.640. The number of carbonyl (C=O) groups excluding carboxylic acids is 2. The number of ketones is 1. The Morgan fingerprint density at radius 3 is 2.66 bits per heavy atom. The molecule has 2 heterocycles. The summed E-state index contributed by atoms with van der Waals surface area (Å²) in [6.07, 6.45) is 1.41. The van der Waals surface area contributed by atoms with E-state index >= 15 is 0 Å². The summed E-state index contributed by atoms with van der Waals surface area (Å²) in [5, 5.41) is 10.4. The van der Waals surface area contributed by atoms with Crippen molar-refractivity contribution in [2.75, 3.05) is 18.5 Å². The zero-order valence-corrected chi connectivity index (χ0v) is 15.8. The number of hydrogen-bond donors (Lipinski definition) is 1. The van der Waals surface area contributed by atoms with Crippen molar-refractivity contribution in [1.82, 2.24) is 10.2 Å². The Hall–Kier alpha value is -3.68. The first-order valence-corrected chi connectivity index (χ1v) is 9.20. The normalized spacial score (nSPS) is 12.4. The molecule has 8 nitrogen and oxygen atoms in total. The number of anilines is 1. The smallest absolute Gasteiger partial charge is 0.247 e. The van der Waals surface area contributed by atoms with Gasteiger partial charge in [0.15, 0.2) is 17.3 Å². The van der Waals surface area contributed by atoms with E-state index in [2.05, 4.69) is 15.5 Å². The molecule has 1 amide bonds. The molecule has 1 aliphatic rings. The summed E-state index contributed by atoms with van der Waals surface area (Å²) in [4.78, 5) is 24.8. The molecule has 3 aromatic rings. The van der Waals surface area contributed by atoms with Crippen LogP contribution in [-0.2, 0) is 4.79 Å². The van der Waals surface area contributed by atoms with Gasteiger partial charge in [-0.05, 0) is 42.8 Å². The molecule has 8 heteroatoms. The Balaban J connectivity index is 1.38. The molecule has 1 N–H and O–H groups in total. The molecule has 148 valence electrons. The molecule has 29 heavy (non-hydrogen) atoms. The van der Waals surface area contributed by atoms with Gasteiger partial charge < -0.3 is 19.2 Å². The van der Waals surface area contributed by atoms with E-state index in [0.717, 1.165) is 5.56 Å². The van der Waals surface area contributed by atoms with Crippen LogP contribution in [0.4, 0.5) is 5.69 Å². The van der Waals surface area contributed by atoms with Crippen molar-refractivity contribution in [1.29, 1.82) is 0 Å². The highest BCUT2D eigenvalue weighted by Crippen LogP contribution is 2.31. The maximum absolute atomic E-state index is 12.5. The minimum absolute atomic E-state index is 0.0670. The third-order valence-corrected chi connectivity index (χ3v) is 4.56. The zero-order chi connectivity index (χ0) is 20.2. The van der Waals surface area contributed by atoms with Gasteiger partial charge in [-0.1, -0.05) is 6.07 Å². The van der Waals surface area contributed by atoms with Crippen molar-refractivity contribution < 1.29 is 23.5 Å². The lowest BCUT2D eigenvalue weighted by atomic mass is 10.1. The Morgan fingerprint density at radius 1 is 1.03 bits per heavy atom. The molecular formula is C21H19N3O5. The van der Waals surface area contributed by atoms with Crippen LogP contribution in [0.1, 0.15) is 28.8 Å². The number of benzene rings is 2. The molecule has 0 radical (unpaired) electrons. The molecule has 4 rings (SSSR count). The standard InChI is InChI=1S/C21H19N3O5/c1-13-2-3-15(21-24-22-12-29-21)10-16(13)23-20(26)7-5-17(25)14-4-6-18-19(11-14)28-9-8-27-18/h2-4,6,10-12H,5,7-9H2,1H3,(H,23,26). The Morgan fingerprint density at radius 2 is 1.86 bits per heavy atom. The predicted molar refractivity (Wildman–Crippen MR) is 104 cm³/mol. The molecule has 2 aromatic carbocycles. The number of rotatable bonds is 6. The van der Waals surface area contributed by atoms with E-state index in [-0.39, 0.29) is 24.5 Å². The summed E-state index contributed by atoms with van der Waals surface area (Å²) in [5.74, 6) is 1.17. The van der Waals surface area contributed by atoms with Crippen molar-refractivity contribution in [2.24, 2.45) is 0 Å². The first kappa shape index (κ1) is 18.7. The van der Waals surface area contributed by atoms with Gasteiger partial charge in [0.2, 0.25) is 18.2 Å². The average molecular weight is 393 g/mol. The molecule has 1 aromatic heterocycles. The topological polar surface area (TPSA) is 104 Å². The van der Waals surface area contributed by atoms with E-state index in [9.17, 15) is 9.59 Å². The lowest BCUT2D eigenvalue weighted by Gasteiger charge is -2.18. The molecule has 0 bridgehead atoms. The summed E-state index contributed by atoms with van der Waals surface area (Å²) < 4.78 is 16.1. The van der Waals surface area contributed by atoms with Crippen LogP contribution in [0.3, 0.4) is 0 Å². The van der Waals surface area contributed by atoms with Crippen LogP contribution in [0.2, 0.25) is 0 Å². The molecule has 0 saturated carbocycles. The van der Waals surface area contributed by atoms with Crippen molar-refractivity contribution in [3.05, 3.63) is 53.9 Å². The number of nitrogens with one attached hydrogen (secondary N) is 1. The predicted octanol–water partition coefficient (Wildman–Crippen LogP) is 3.42. The highest BCUT2D eigenvalue weighted by Gasteiger charge is 2.16. The number of hydrogen-bond acceptors (Lipinski definition) is 7. The van der Waals surface area contributed by atoms with Gasteiger partial charge in [-0.25, -0.2) is 0 Å². The zero-order valence-electron chi connectivity index (χ0n) is 15.8. The first-order chi connectivity index (χ1) is 14.1. The van der Waals surface area contributed by atoms with Gasteiger partial charge in [-0.2, -0.15) is 0 Å². The minimum atomic E-state index is -0.248. The number of carbonyl (C=O) groups is 2. The van der Waals surface area contributed by atoms with E-state index < -0.39 is 0 Å². The van der Waals surface area contributed by atoms with Crippen LogP contribution in [-0.4, -0.2) is 35.1 Å². The van der Waals surface area contributed by atoms with E-state index in [0.29, 0.717) is 47.4 Å². The third kappa shape index (κ3) is 4.26. The molecule has 0 atom stereocenters. The van der Waals surface area contributed by atoms with Crippen molar-refractivity contribution in [3.63, 3.8) is 0 Å². The molecule has 0 saturated heterocycles. The van der Waals surface area contributed by atoms with Gasteiger partial charge in [0, 0.05) is 29.7 Å². The molecule has 0 fully saturated rings. The van der Waals surface area contributed by atoms with Crippen LogP contribution in [0.25, 0.3) is 11.5 Å². The van der Waals surface area contributed by atoms with E-state index in [4.69, 9.17) is 13.9 Å². The second kappa shape index (κ2) is 8.14. The summed E-state index contributed by atoms with van der Waals surface area (Å²) in [7, 11) is 0. The molecule has 0 unspecified atom stereocenters. The number of aryl methyl sites for hydroxylation is 1. The summed E-state index contributed by atoms with van der Waals surface area (Å²) in [6.45, 7) is 2.83. The molecule has 1 aliphatic heterocycles. The Bertz CT molecular complexity index is 1050. The van der Waals surface area contributed by atoms with E-state index in [1.165, 1.54) is 6.39 Å². The molecular weight excluding hydrogens is 374 g/mol. The number of ether oxygens (including phenoxy) is 2. The summed E-state index contributed by atoms with van der Waals surface area (Å²) in [6, 6.07) is 10.5. The largest absolute Gasteiger partial charge is 0.486 e. The van der Waals surface area contributed by atoms with Gasteiger partial charge in [0.1, 0.15) is 13.2 Å². The van der Waals surface area contributed by atoms with Crippen LogP contribution in [0.15, 0.2) is 47.2 Å². The number of nitrogens with zero attached hydrogens (tertiary/aromatic N) is 2. The summed E-state index contributed by atoms with van der Waals surface area (Å²) in [5.41, 5.74) is 2.73. The van der Waals surface area contributed by atoms with Crippen molar-refractivity contribution in [3.8, 4) is 23.0 Å². The fourth-order valence-electron chi connectivity index (χ4n) is 2.99. The van der Waals surface area contributed by atoms with Gasteiger partial charge >= 0.3 is 0 Å². The highest BCUT2D eigenvalue weighted by atomic mass is 16.6. The number of fused-ring (bicyclic) bond motifs is 1. The SMILES string of the molecule is Cc1ccc(-c2nnco2)cc1NC(=O)CCC(=O)c1ccc2c(c1)OCCO2. The Kier molecular flexibility index (Phi) is 5.24. The fourth-order valence-corrected chi connectivity index (χ4v) is 2.99. The van der Waals surface area contributed by atoms with Crippen LogP contribution < -0.4 is 14.8 Å². The molecule has 0 aliphatic carbocycles. The lowest BCUT2D eigenvalue weighted by Crippen LogP contribution is -2.16. The minimum Gasteiger partial charge on any atom is -0.486 e. The number of aromatic nitrogens is 2. The van der Waals surface area contributed by atoms with Crippen LogP contribution in [0, 0.1) is 6.92 Å². The lowest BCUT2D eigenvalue weighted by molar-refractivity contribution is -0.116. The number of amides is 1. The third-order valence-electron chi connectivity index (χ3n) is 4.56. The van der Waals surface area contributed by atoms with Crippen LogP contribution in [0.5, 0.6) is 11.5 Å². The average Bonchev–Trinajstić information content (AvgIpc) is 3.28. The second-order valence-corrected chi connectivity index (χ2v) is 6.60. The monoisotopic (exact) mass is 393 g/mol. The van der Waals surface area contributed by atoms with E-state index in [1.807, 2.05) is 19.1 Å². The number of Topliss-reactive ketones (excluding diaryl/α,β-unsaturated/α-hetero) is 1. The first-order valence-electron chi connectivity index (χ1n) is 9.20. The highest BCUT2D eigenvalue weighted by molar-refractivity contribution is 6.00. The van der Waals surface area contributed by atoms with Crippen molar-refractivity contribution >= 4 is 17.4 Å². The second-order valence-electron chi connectivity index (χ2n) is 6.60. The van der Waals surface area contributed by atoms with Gasteiger partial charge in [0.05, 0.1) is 0 Å². The summed E-state index contributed by atoms with van der Waals surface area (Å²) >= 11 is 0. The Labute approximate surface area is 166 Å². The van der Waals surface area contributed by atoms with E-state index in [1.54, 1.807) is 24.3 Å². The van der Waals surface area contributed by atoms with Gasteiger partial charge in [-0.3, -0.25) is 9.59 Å². The maximum Gasteiger partial charge on any atom is 0.247 e. The van der Waals surface area contributed by atoms with Gasteiger partial charge in [-0.15, -0.1) is 10.2 Å².